The fourth-order valence-electron chi connectivity index (χ4n) is 2.44. The first-order chi connectivity index (χ1) is 10.0. The van der Waals surface area contributed by atoms with E-state index in [9.17, 15) is 4.79 Å². The summed E-state index contributed by atoms with van der Waals surface area (Å²) in [7, 11) is 0. The lowest BCUT2D eigenvalue weighted by atomic mass is 10.0. The van der Waals surface area contributed by atoms with Crippen LogP contribution in [0.4, 0.5) is 0 Å². The number of hydrogen-bond donors (Lipinski definition) is 0. The SMILES string of the molecule is CC(C)CCCCCCCCC(=O)OCCCCC(C)C. The second-order valence-corrected chi connectivity index (χ2v) is 7.16. The maximum atomic E-state index is 11.5. The Labute approximate surface area is 133 Å². The Hall–Kier alpha value is -0.530. The highest BCUT2D eigenvalue weighted by atomic mass is 16.5. The van der Waals surface area contributed by atoms with Crippen molar-refractivity contribution in [2.45, 2.75) is 98.3 Å². The largest absolute Gasteiger partial charge is 0.466 e. The van der Waals surface area contributed by atoms with Gasteiger partial charge < -0.3 is 4.74 Å². The zero-order chi connectivity index (χ0) is 15.9. The number of carbonyl (C=O) groups is 1. The number of ether oxygens (including phenoxy) is 1. The van der Waals surface area contributed by atoms with Gasteiger partial charge in [0.15, 0.2) is 0 Å². The topological polar surface area (TPSA) is 26.3 Å². The van der Waals surface area contributed by atoms with Crippen LogP contribution in [0.15, 0.2) is 0 Å². The molecule has 0 aromatic rings. The smallest absolute Gasteiger partial charge is 0.305 e. The molecular weight excluding hydrogens is 260 g/mol. The van der Waals surface area contributed by atoms with Gasteiger partial charge >= 0.3 is 5.97 Å². The second kappa shape index (κ2) is 14.4. The average Bonchev–Trinajstić information content (AvgIpc) is 2.40. The number of unbranched alkanes of at least 4 members (excludes halogenated alkanes) is 6. The van der Waals surface area contributed by atoms with Crippen LogP contribution in [0.3, 0.4) is 0 Å². The van der Waals surface area contributed by atoms with E-state index in [0.717, 1.165) is 24.7 Å². The predicted molar refractivity (Wildman–Crippen MR) is 91.4 cm³/mol. The number of hydrogen-bond acceptors (Lipinski definition) is 2. The van der Waals surface area contributed by atoms with Crippen LogP contribution in [0.2, 0.25) is 0 Å². The van der Waals surface area contributed by atoms with E-state index in [4.69, 9.17) is 4.74 Å². The summed E-state index contributed by atoms with van der Waals surface area (Å²) in [6.07, 6.45) is 12.8. The van der Waals surface area contributed by atoms with Crippen LogP contribution < -0.4 is 0 Å². The molecule has 126 valence electrons. The molecule has 0 bridgehead atoms. The van der Waals surface area contributed by atoms with Gasteiger partial charge in [-0.3, -0.25) is 4.79 Å². The Kier molecular flexibility index (Phi) is 14.0. The van der Waals surface area contributed by atoms with Gasteiger partial charge in [-0.1, -0.05) is 72.6 Å². The molecule has 0 rings (SSSR count). The van der Waals surface area contributed by atoms with Gasteiger partial charge in [0, 0.05) is 6.42 Å². The van der Waals surface area contributed by atoms with Crippen molar-refractivity contribution in [3.05, 3.63) is 0 Å². The first-order valence-electron chi connectivity index (χ1n) is 9.18. The molecular formula is C19H38O2. The Bertz CT molecular complexity index is 234. The quantitative estimate of drug-likeness (QED) is 0.285. The first kappa shape index (κ1) is 20.5. The van der Waals surface area contributed by atoms with Crippen molar-refractivity contribution in [1.29, 1.82) is 0 Å². The third-order valence-corrected chi connectivity index (χ3v) is 3.85. The van der Waals surface area contributed by atoms with Crippen LogP contribution in [0.5, 0.6) is 0 Å². The predicted octanol–water partition coefficient (Wildman–Crippen LogP) is 6.13. The van der Waals surface area contributed by atoms with Gasteiger partial charge in [-0.15, -0.1) is 0 Å². The van der Waals surface area contributed by atoms with Crippen LogP contribution in [0.1, 0.15) is 98.3 Å². The Morgan fingerprint density at radius 1 is 0.714 bits per heavy atom. The lowest BCUT2D eigenvalue weighted by Gasteiger charge is -2.06. The van der Waals surface area contributed by atoms with E-state index in [-0.39, 0.29) is 5.97 Å². The molecule has 0 spiro atoms. The molecule has 0 aliphatic heterocycles. The monoisotopic (exact) mass is 298 g/mol. The first-order valence-corrected chi connectivity index (χ1v) is 9.18. The van der Waals surface area contributed by atoms with Gasteiger partial charge in [0.1, 0.15) is 0 Å². The molecule has 0 saturated carbocycles. The van der Waals surface area contributed by atoms with Crippen LogP contribution in [0.25, 0.3) is 0 Å². The lowest BCUT2D eigenvalue weighted by Crippen LogP contribution is -2.05. The van der Waals surface area contributed by atoms with Crippen molar-refractivity contribution >= 4 is 5.97 Å². The van der Waals surface area contributed by atoms with Crippen LogP contribution >= 0.6 is 0 Å². The molecule has 2 heteroatoms. The molecule has 21 heavy (non-hydrogen) atoms. The van der Waals surface area contributed by atoms with Crippen molar-refractivity contribution in [2.75, 3.05) is 6.61 Å². The van der Waals surface area contributed by atoms with E-state index in [2.05, 4.69) is 27.7 Å². The maximum Gasteiger partial charge on any atom is 0.305 e. The van der Waals surface area contributed by atoms with E-state index in [1.54, 1.807) is 0 Å². The van der Waals surface area contributed by atoms with Crippen LogP contribution in [0, 0.1) is 11.8 Å². The molecule has 0 aliphatic carbocycles. The van der Waals surface area contributed by atoms with E-state index in [1.165, 1.54) is 51.4 Å². The highest BCUT2D eigenvalue weighted by Gasteiger charge is 2.03. The van der Waals surface area contributed by atoms with Gasteiger partial charge in [0.05, 0.1) is 6.61 Å². The summed E-state index contributed by atoms with van der Waals surface area (Å²) in [4.78, 5) is 11.5. The second-order valence-electron chi connectivity index (χ2n) is 7.16. The molecule has 0 radical (unpaired) electrons. The summed E-state index contributed by atoms with van der Waals surface area (Å²) in [6.45, 7) is 9.65. The third-order valence-electron chi connectivity index (χ3n) is 3.85. The number of rotatable bonds is 14. The standard InChI is InChI=1S/C19H38O2/c1-17(2)13-9-7-5-6-8-10-15-19(20)21-16-12-11-14-18(3)4/h17-18H,5-16H2,1-4H3. The normalized spacial score (nSPS) is 11.3. The summed E-state index contributed by atoms with van der Waals surface area (Å²) in [5.74, 6) is 1.58. The fraction of sp³-hybridized carbons (Fsp3) is 0.947. The molecule has 0 saturated heterocycles. The zero-order valence-electron chi connectivity index (χ0n) is 15.0. The summed E-state index contributed by atoms with van der Waals surface area (Å²) in [6, 6.07) is 0. The third kappa shape index (κ3) is 17.4. The molecule has 0 heterocycles. The van der Waals surface area contributed by atoms with Crippen LogP contribution in [-0.2, 0) is 9.53 Å². The maximum absolute atomic E-state index is 11.5. The molecule has 0 amide bonds. The number of esters is 1. The Morgan fingerprint density at radius 2 is 1.19 bits per heavy atom. The fourth-order valence-corrected chi connectivity index (χ4v) is 2.44. The van der Waals surface area contributed by atoms with E-state index >= 15 is 0 Å². The van der Waals surface area contributed by atoms with Crippen molar-refractivity contribution in [2.24, 2.45) is 11.8 Å². The van der Waals surface area contributed by atoms with E-state index in [0.29, 0.717) is 13.0 Å². The molecule has 0 fully saturated rings. The summed E-state index contributed by atoms with van der Waals surface area (Å²) < 4.78 is 5.26. The van der Waals surface area contributed by atoms with Crippen molar-refractivity contribution in [1.82, 2.24) is 0 Å². The van der Waals surface area contributed by atoms with E-state index < -0.39 is 0 Å². The lowest BCUT2D eigenvalue weighted by molar-refractivity contribution is -0.143. The Morgan fingerprint density at radius 3 is 1.76 bits per heavy atom. The van der Waals surface area contributed by atoms with Crippen LogP contribution in [-0.4, -0.2) is 12.6 Å². The van der Waals surface area contributed by atoms with Gasteiger partial charge in [-0.2, -0.15) is 0 Å². The van der Waals surface area contributed by atoms with Gasteiger partial charge in [-0.05, 0) is 31.1 Å². The molecule has 2 nitrogen and oxygen atoms in total. The summed E-state index contributed by atoms with van der Waals surface area (Å²) in [5.41, 5.74) is 0. The average molecular weight is 299 g/mol. The van der Waals surface area contributed by atoms with Gasteiger partial charge in [0.25, 0.3) is 0 Å². The molecule has 0 aromatic carbocycles. The number of carbonyl (C=O) groups excluding carboxylic acids is 1. The minimum absolute atomic E-state index is 0.000597. The van der Waals surface area contributed by atoms with Crippen molar-refractivity contribution in [3.8, 4) is 0 Å². The zero-order valence-corrected chi connectivity index (χ0v) is 15.0. The Balaban J connectivity index is 3.19. The van der Waals surface area contributed by atoms with E-state index in [1.807, 2.05) is 0 Å². The van der Waals surface area contributed by atoms with Crippen molar-refractivity contribution in [3.63, 3.8) is 0 Å². The highest BCUT2D eigenvalue weighted by molar-refractivity contribution is 5.69. The molecule has 0 N–H and O–H groups in total. The molecule has 0 atom stereocenters. The molecule has 0 aliphatic rings. The van der Waals surface area contributed by atoms with Crippen molar-refractivity contribution < 1.29 is 9.53 Å². The molecule has 0 aromatic heterocycles. The minimum Gasteiger partial charge on any atom is -0.466 e. The summed E-state index contributed by atoms with van der Waals surface area (Å²) >= 11 is 0. The highest BCUT2D eigenvalue weighted by Crippen LogP contribution is 2.12. The molecule has 0 unspecified atom stereocenters. The van der Waals surface area contributed by atoms with Gasteiger partial charge in [0.2, 0.25) is 0 Å². The van der Waals surface area contributed by atoms with Gasteiger partial charge in [-0.25, -0.2) is 0 Å². The summed E-state index contributed by atoms with van der Waals surface area (Å²) in [5, 5.41) is 0. The minimum atomic E-state index is -0.000597.